The minimum atomic E-state index is 0.254. The average Bonchev–Trinajstić information content (AvgIpc) is 3.39. The molecule has 0 spiro atoms. The van der Waals surface area contributed by atoms with Gasteiger partial charge in [0.05, 0.1) is 6.10 Å². The van der Waals surface area contributed by atoms with E-state index in [1.165, 1.54) is 36.1 Å². The lowest BCUT2D eigenvalue weighted by Crippen LogP contribution is -2.52. The van der Waals surface area contributed by atoms with Crippen LogP contribution in [0.3, 0.4) is 0 Å². The van der Waals surface area contributed by atoms with Crippen LogP contribution in [-0.4, -0.2) is 53.3 Å². The Labute approximate surface area is 172 Å². The summed E-state index contributed by atoms with van der Waals surface area (Å²) in [5.41, 5.74) is 1.32. The molecule has 2 aromatic rings. The second kappa shape index (κ2) is 9.88. The van der Waals surface area contributed by atoms with Gasteiger partial charge in [-0.2, -0.15) is 0 Å². The van der Waals surface area contributed by atoms with Crippen molar-refractivity contribution in [3.63, 3.8) is 0 Å². The van der Waals surface area contributed by atoms with E-state index in [1.54, 1.807) is 0 Å². The fraction of sp³-hybridized carbons (Fsp3) is 0.565. The van der Waals surface area contributed by atoms with Crippen molar-refractivity contribution in [1.82, 2.24) is 9.80 Å². The Hall–Kier alpha value is -1.40. The number of aliphatic hydroxyl groups excluding tert-OH is 1. The number of ether oxygens (including phenoxy) is 1. The van der Waals surface area contributed by atoms with Crippen LogP contribution in [0.2, 0.25) is 0 Å². The fourth-order valence-electron chi connectivity index (χ4n) is 4.51. The van der Waals surface area contributed by atoms with E-state index < -0.39 is 0 Å². The van der Waals surface area contributed by atoms with Gasteiger partial charge in [-0.15, -0.1) is 11.3 Å². The largest absolute Gasteiger partial charge is 0.490 e. The third kappa shape index (κ3) is 5.35. The van der Waals surface area contributed by atoms with E-state index in [4.69, 9.17) is 4.74 Å². The van der Waals surface area contributed by atoms with E-state index in [-0.39, 0.29) is 6.61 Å². The van der Waals surface area contributed by atoms with Gasteiger partial charge in [-0.3, -0.25) is 9.80 Å². The molecule has 28 heavy (non-hydrogen) atoms. The molecule has 2 aliphatic rings. The van der Waals surface area contributed by atoms with Crippen LogP contribution in [0.15, 0.2) is 41.8 Å². The van der Waals surface area contributed by atoms with Gasteiger partial charge in [0, 0.05) is 50.2 Å². The van der Waals surface area contributed by atoms with Crippen molar-refractivity contribution in [2.45, 2.75) is 57.3 Å². The molecule has 1 saturated heterocycles. The van der Waals surface area contributed by atoms with Gasteiger partial charge < -0.3 is 9.84 Å². The zero-order chi connectivity index (χ0) is 19.2. The molecule has 1 aliphatic carbocycles. The first-order valence-electron chi connectivity index (χ1n) is 10.7. The van der Waals surface area contributed by atoms with Crippen LogP contribution in [0.25, 0.3) is 0 Å². The van der Waals surface area contributed by atoms with Crippen molar-refractivity contribution in [3.8, 4) is 5.75 Å². The summed E-state index contributed by atoms with van der Waals surface area (Å²) in [4.78, 5) is 6.48. The van der Waals surface area contributed by atoms with Crippen LogP contribution >= 0.6 is 11.3 Å². The highest BCUT2D eigenvalue weighted by atomic mass is 32.1. The molecule has 2 fully saturated rings. The molecule has 0 bridgehead atoms. The van der Waals surface area contributed by atoms with Crippen molar-refractivity contribution >= 4 is 11.3 Å². The Bertz CT molecular complexity index is 715. The SMILES string of the molecule is OCCC1CN(Cc2cccc(OC3CCCC3)c2)CCN1Cc1cccs1. The Morgan fingerprint density at radius 3 is 2.75 bits per heavy atom. The molecular formula is C23H32N2O2S. The second-order valence-electron chi connectivity index (χ2n) is 8.12. The first kappa shape index (κ1) is 19.9. The highest BCUT2D eigenvalue weighted by molar-refractivity contribution is 7.09. The van der Waals surface area contributed by atoms with Gasteiger partial charge in [0.1, 0.15) is 5.75 Å². The normalized spacial score (nSPS) is 22.0. The van der Waals surface area contributed by atoms with Crippen LogP contribution in [-0.2, 0) is 13.1 Å². The smallest absolute Gasteiger partial charge is 0.120 e. The Balaban J connectivity index is 1.34. The summed E-state index contributed by atoms with van der Waals surface area (Å²) in [6.45, 7) is 5.35. The van der Waals surface area contributed by atoms with Gasteiger partial charge >= 0.3 is 0 Å². The van der Waals surface area contributed by atoms with Gasteiger partial charge in [0.25, 0.3) is 0 Å². The van der Waals surface area contributed by atoms with Gasteiger partial charge in [-0.25, -0.2) is 0 Å². The van der Waals surface area contributed by atoms with Crippen molar-refractivity contribution < 1.29 is 9.84 Å². The molecule has 4 rings (SSSR count). The Kier molecular flexibility index (Phi) is 7.02. The van der Waals surface area contributed by atoms with Crippen LogP contribution in [0.4, 0.5) is 0 Å². The van der Waals surface area contributed by atoms with Gasteiger partial charge in [-0.1, -0.05) is 18.2 Å². The summed E-state index contributed by atoms with van der Waals surface area (Å²) < 4.78 is 6.18. The lowest BCUT2D eigenvalue weighted by molar-refractivity contribution is 0.0506. The second-order valence-corrected chi connectivity index (χ2v) is 9.16. The molecule has 1 aliphatic heterocycles. The number of hydrogen-bond acceptors (Lipinski definition) is 5. The summed E-state index contributed by atoms with van der Waals surface area (Å²) in [7, 11) is 0. The Morgan fingerprint density at radius 2 is 1.96 bits per heavy atom. The number of piperazine rings is 1. The number of rotatable bonds is 8. The van der Waals surface area contributed by atoms with Crippen molar-refractivity contribution in [2.24, 2.45) is 0 Å². The molecule has 0 amide bonds. The van der Waals surface area contributed by atoms with Crippen LogP contribution in [0.5, 0.6) is 5.75 Å². The first-order valence-corrected chi connectivity index (χ1v) is 11.5. The number of nitrogens with zero attached hydrogens (tertiary/aromatic N) is 2. The number of benzene rings is 1. The molecule has 5 heteroatoms. The highest BCUT2D eigenvalue weighted by Crippen LogP contribution is 2.26. The third-order valence-electron chi connectivity index (χ3n) is 6.00. The number of aliphatic hydroxyl groups is 1. The zero-order valence-corrected chi connectivity index (χ0v) is 17.4. The summed E-state index contributed by atoms with van der Waals surface area (Å²) in [5, 5.41) is 11.7. The summed E-state index contributed by atoms with van der Waals surface area (Å²) in [5.74, 6) is 1.02. The molecule has 4 nitrogen and oxygen atoms in total. The topological polar surface area (TPSA) is 35.9 Å². The molecule has 0 radical (unpaired) electrons. The molecule has 1 aromatic heterocycles. The lowest BCUT2D eigenvalue weighted by atomic mass is 10.1. The maximum Gasteiger partial charge on any atom is 0.120 e. The van der Waals surface area contributed by atoms with Gasteiger partial charge in [0.2, 0.25) is 0 Å². The van der Waals surface area contributed by atoms with Crippen LogP contribution in [0.1, 0.15) is 42.5 Å². The molecule has 1 N–H and O–H groups in total. The zero-order valence-electron chi connectivity index (χ0n) is 16.6. The van der Waals surface area contributed by atoms with E-state index in [2.05, 4.69) is 51.6 Å². The first-order chi connectivity index (χ1) is 13.8. The van der Waals surface area contributed by atoms with Gasteiger partial charge in [-0.05, 0) is 61.2 Å². The standard InChI is InChI=1S/C23H32N2O2S/c26-13-10-20-17-24(11-12-25(20)18-23-9-4-14-28-23)16-19-5-3-8-22(15-19)27-21-6-1-2-7-21/h3-5,8-9,14-15,20-21,26H,1-2,6-7,10-13,16-18H2. The van der Waals surface area contributed by atoms with Gasteiger partial charge in [0.15, 0.2) is 0 Å². The summed E-state index contributed by atoms with van der Waals surface area (Å²) in [6, 6.07) is 13.4. The lowest BCUT2D eigenvalue weighted by Gasteiger charge is -2.41. The average molecular weight is 401 g/mol. The predicted octanol–water partition coefficient (Wildman–Crippen LogP) is 4.14. The van der Waals surface area contributed by atoms with Crippen molar-refractivity contribution in [3.05, 3.63) is 52.2 Å². The van der Waals surface area contributed by atoms with Crippen LogP contribution in [0, 0.1) is 0 Å². The monoisotopic (exact) mass is 400 g/mol. The molecule has 1 saturated carbocycles. The highest BCUT2D eigenvalue weighted by Gasteiger charge is 2.27. The van der Waals surface area contributed by atoms with Crippen molar-refractivity contribution in [1.29, 1.82) is 0 Å². The summed E-state index contributed by atoms with van der Waals surface area (Å²) >= 11 is 1.82. The third-order valence-corrected chi connectivity index (χ3v) is 6.86. The molecule has 1 aromatic carbocycles. The maximum absolute atomic E-state index is 9.55. The number of thiophene rings is 1. The van der Waals surface area contributed by atoms with E-state index in [0.717, 1.165) is 44.9 Å². The van der Waals surface area contributed by atoms with E-state index in [9.17, 15) is 5.11 Å². The number of hydrogen-bond donors (Lipinski definition) is 1. The van der Waals surface area contributed by atoms with E-state index in [0.29, 0.717) is 12.1 Å². The van der Waals surface area contributed by atoms with E-state index >= 15 is 0 Å². The van der Waals surface area contributed by atoms with Crippen molar-refractivity contribution in [2.75, 3.05) is 26.2 Å². The summed E-state index contributed by atoms with van der Waals surface area (Å²) in [6.07, 6.45) is 6.23. The molecule has 152 valence electrons. The minimum absolute atomic E-state index is 0.254. The minimum Gasteiger partial charge on any atom is -0.490 e. The maximum atomic E-state index is 9.55. The predicted molar refractivity (Wildman–Crippen MR) is 115 cm³/mol. The molecule has 2 heterocycles. The Morgan fingerprint density at radius 1 is 1.07 bits per heavy atom. The molecule has 1 atom stereocenters. The fourth-order valence-corrected chi connectivity index (χ4v) is 5.24. The van der Waals surface area contributed by atoms with Crippen LogP contribution < -0.4 is 4.74 Å². The molecular weight excluding hydrogens is 368 g/mol. The quantitative estimate of drug-likeness (QED) is 0.722. The molecule has 1 unspecified atom stereocenters. The van der Waals surface area contributed by atoms with E-state index in [1.807, 2.05) is 11.3 Å².